The predicted molar refractivity (Wildman–Crippen MR) is 97.5 cm³/mol. The van der Waals surface area contributed by atoms with Gasteiger partial charge in [-0.25, -0.2) is 14.2 Å². The van der Waals surface area contributed by atoms with Gasteiger partial charge in [0.05, 0.1) is 6.04 Å². The van der Waals surface area contributed by atoms with Crippen LogP contribution in [0.1, 0.15) is 28.3 Å². The number of hydrogen-bond donors (Lipinski definition) is 2. The molecule has 26 heavy (non-hydrogen) atoms. The highest BCUT2D eigenvalue weighted by molar-refractivity contribution is 5.39. The van der Waals surface area contributed by atoms with Crippen molar-refractivity contribution in [3.63, 3.8) is 0 Å². The number of nitrogens with two attached hydrogens (primary N) is 1. The summed E-state index contributed by atoms with van der Waals surface area (Å²) in [5.41, 5.74) is 4.41. The number of ether oxygens (including phenoxy) is 1. The topological polar surface area (TPSA) is 47.3 Å². The Kier molecular flexibility index (Phi) is 5.61. The van der Waals surface area contributed by atoms with Gasteiger partial charge in [0, 0.05) is 5.56 Å². The van der Waals surface area contributed by atoms with Gasteiger partial charge in [-0.3, -0.25) is 5.84 Å². The quantitative estimate of drug-likeness (QED) is 0.509. The molecule has 3 nitrogen and oxygen atoms in total. The van der Waals surface area contributed by atoms with Crippen molar-refractivity contribution in [2.45, 2.75) is 19.6 Å². The highest BCUT2D eigenvalue weighted by atomic mass is 19.1. The van der Waals surface area contributed by atoms with Crippen LogP contribution in [0.15, 0.2) is 66.7 Å². The Morgan fingerprint density at radius 1 is 1.00 bits per heavy atom. The van der Waals surface area contributed by atoms with Crippen LogP contribution >= 0.6 is 0 Å². The lowest BCUT2D eigenvalue weighted by molar-refractivity contribution is 0.305. The van der Waals surface area contributed by atoms with Gasteiger partial charge in [-0.05, 0) is 41.8 Å². The first-order valence-electron chi connectivity index (χ1n) is 8.27. The molecule has 0 fully saturated rings. The number of nitrogens with one attached hydrogen (secondary N) is 1. The van der Waals surface area contributed by atoms with E-state index < -0.39 is 17.7 Å². The number of aryl methyl sites for hydroxylation is 1. The Balaban J connectivity index is 1.87. The van der Waals surface area contributed by atoms with E-state index in [0.29, 0.717) is 23.5 Å². The lowest BCUT2D eigenvalue weighted by atomic mass is 9.96. The molecule has 134 valence electrons. The zero-order valence-corrected chi connectivity index (χ0v) is 14.4. The van der Waals surface area contributed by atoms with Gasteiger partial charge in [0.15, 0.2) is 0 Å². The van der Waals surface area contributed by atoms with Crippen LogP contribution < -0.4 is 16.0 Å². The smallest absolute Gasteiger partial charge is 0.134 e. The van der Waals surface area contributed by atoms with Crippen LogP contribution in [0.2, 0.25) is 0 Å². The largest absolute Gasteiger partial charge is 0.489 e. The molecule has 0 saturated carbocycles. The Morgan fingerprint density at radius 2 is 1.77 bits per heavy atom. The van der Waals surface area contributed by atoms with Gasteiger partial charge >= 0.3 is 0 Å². The molecule has 0 saturated heterocycles. The molecule has 1 unspecified atom stereocenters. The summed E-state index contributed by atoms with van der Waals surface area (Å²) in [6, 6.07) is 18.6. The molecule has 3 rings (SSSR count). The molecule has 1 atom stereocenters. The molecule has 0 aliphatic rings. The molecule has 0 amide bonds. The Morgan fingerprint density at radius 3 is 2.50 bits per heavy atom. The molecular formula is C21H20F2N2O. The summed E-state index contributed by atoms with van der Waals surface area (Å²) in [6.07, 6.45) is 0. The summed E-state index contributed by atoms with van der Waals surface area (Å²) in [4.78, 5) is 0. The number of hydrogen-bond acceptors (Lipinski definition) is 3. The van der Waals surface area contributed by atoms with E-state index in [1.807, 2.05) is 30.3 Å². The first-order chi connectivity index (χ1) is 12.6. The zero-order chi connectivity index (χ0) is 18.5. The second-order valence-corrected chi connectivity index (χ2v) is 6.04. The van der Waals surface area contributed by atoms with E-state index in [1.165, 1.54) is 12.1 Å². The molecule has 3 aromatic carbocycles. The number of hydrazine groups is 1. The molecule has 0 aliphatic carbocycles. The van der Waals surface area contributed by atoms with E-state index in [0.717, 1.165) is 5.56 Å². The van der Waals surface area contributed by atoms with Gasteiger partial charge in [0.2, 0.25) is 0 Å². The van der Waals surface area contributed by atoms with Crippen molar-refractivity contribution in [2.75, 3.05) is 0 Å². The molecule has 3 aromatic rings. The van der Waals surface area contributed by atoms with Crippen LogP contribution in [0.5, 0.6) is 5.75 Å². The second kappa shape index (κ2) is 8.08. The van der Waals surface area contributed by atoms with Gasteiger partial charge in [-0.1, -0.05) is 48.5 Å². The lowest BCUT2D eigenvalue weighted by Gasteiger charge is -2.20. The highest BCUT2D eigenvalue weighted by Gasteiger charge is 2.22. The summed E-state index contributed by atoms with van der Waals surface area (Å²) >= 11 is 0. The molecule has 0 spiro atoms. The van der Waals surface area contributed by atoms with E-state index >= 15 is 0 Å². The normalized spacial score (nSPS) is 12.0. The standard InChI is InChI=1S/C21H20F2N2O/c1-14-10-11-18(22)19(20(14)23)21(25-24)16-8-5-9-17(12-16)26-13-15-6-3-2-4-7-15/h2-12,21,25H,13,24H2,1H3. The highest BCUT2D eigenvalue weighted by Crippen LogP contribution is 2.30. The third kappa shape index (κ3) is 3.90. The number of halogens is 2. The minimum absolute atomic E-state index is 0.104. The van der Waals surface area contributed by atoms with Gasteiger partial charge in [0.1, 0.15) is 24.0 Å². The molecule has 3 N–H and O–H groups in total. The lowest BCUT2D eigenvalue weighted by Crippen LogP contribution is -2.30. The van der Waals surface area contributed by atoms with E-state index in [2.05, 4.69) is 5.43 Å². The van der Waals surface area contributed by atoms with E-state index in [-0.39, 0.29) is 5.56 Å². The van der Waals surface area contributed by atoms with Crippen molar-refractivity contribution in [1.29, 1.82) is 0 Å². The summed E-state index contributed by atoms with van der Waals surface area (Å²) in [5.74, 6) is 4.96. The molecule has 0 aromatic heterocycles. The molecule has 0 radical (unpaired) electrons. The summed E-state index contributed by atoms with van der Waals surface area (Å²) < 4.78 is 34.5. The minimum Gasteiger partial charge on any atom is -0.489 e. The summed E-state index contributed by atoms with van der Waals surface area (Å²) in [6.45, 7) is 1.99. The van der Waals surface area contributed by atoms with Gasteiger partial charge in [0.25, 0.3) is 0 Å². The van der Waals surface area contributed by atoms with E-state index in [4.69, 9.17) is 10.6 Å². The Bertz CT molecular complexity index is 884. The fraction of sp³-hybridized carbons (Fsp3) is 0.143. The van der Waals surface area contributed by atoms with Crippen molar-refractivity contribution < 1.29 is 13.5 Å². The molecular weight excluding hydrogens is 334 g/mol. The SMILES string of the molecule is Cc1ccc(F)c(C(NN)c2cccc(OCc3ccccc3)c2)c1F. The van der Waals surface area contributed by atoms with Crippen LogP contribution in [0.3, 0.4) is 0 Å². The van der Waals surface area contributed by atoms with E-state index in [1.54, 1.807) is 31.2 Å². The van der Waals surface area contributed by atoms with E-state index in [9.17, 15) is 8.78 Å². The zero-order valence-electron chi connectivity index (χ0n) is 14.4. The Labute approximate surface area is 151 Å². The third-order valence-electron chi connectivity index (χ3n) is 4.21. The number of rotatable bonds is 6. The van der Waals surface area contributed by atoms with Crippen LogP contribution in [0.4, 0.5) is 8.78 Å². The van der Waals surface area contributed by atoms with Gasteiger partial charge in [-0.15, -0.1) is 0 Å². The summed E-state index contributed by atoms with van der Waals surface area (Å²) in [5, 5.41) is 0. The minimum atomic E-state index is -0.824. The Hall–Kier alpha value is -2.76. The third-order valence-corrected chi connectivity index (χ3v) is 4.21. The van der Waals surface area contributed by atoms with Crippen molar-refractivity contribution >= 4 is 0 Å². The van der Waals surface area contributed by atoms with Gasteiger partial charge in [-0.2, -0.15) is 0 Å². The molecule has 0 bridgehead atoms. The fourth-order valence-electron chi connectivity index (χ4n) is 2.81. The first-order valence-corrected chi connectivity index (χ1v) is 8.27. The second-order valence-electron chi connectivity index (χ2n) is 6.04. The first kappa shape index (κ1) is 18.0. The molecule has 0 aliphatic heterocycles. The number of benzene rings is 3. The monoisotopic (exact) mass is 354 g/mol. The van der Waals surface area contributed by atoms with Crippen molar-refractivity contribution in [2.24, 2.45) is 5.84 Å². The van der Waals surface area contributed by atoms with Crippen molar-refractivity contribution in [3.8, 4) is 5.75 Å². The fourth-order valence-corrected chi connectivity index (χ4v) is 2.81. The van der Waals surface area contributed by atoms with Crippen LogP contribution in [0.25, 0.3) is 0 Å². The van der Waals surface area contributed by atoms with Crippen molar-refractivity contribution in [1.82, 2.24) is 5.43 Å². The van der Waals surface area contributed by atoms with Gasteiger partial charge < -0.3 is 4.74 Å². The van der Waals surface area contributed by atoms with Crippen LogP contribution in [0, 0.1) is 18.6 Å². The average molecular weight is 354 g/mol. The maximum Gasteiger partial charge on any atom is 0.134 e. The molecule has 5 heteroatoms. The van der Waals surface area contributed by atoms with Crippen LogP contribution in [-0.2, 0) is 6.61 Å². The predicted octanol–water partition coefficient (Wildman–Crippen LogP) is 4.40. The average Bonchev–Trinajstić information content (AvgIpc) is 2.67. The maximum atomic E-state index is 14.5. The molecule has 0 heterocycles. The van der Waals surface area contributed by atoms with Crippen LogP contribution in [-0.4, -0.2) is 0 Å². The van der Waals surface area contributed by atoms with Crippen molar-refractivity contribution in [3.05, 3.63) is 101 Å². The summed E-state index contributed by atoms with van der Waals surface area (Å²) in [7, 11) is 0. The maximum absolute atomic E-state index is 14.5.